The number of aliphatic hydroxyl groups excluding tert-OH is 1. The van der Waals surface area contributed by atoms with Crippen molar-refractivity contribution in [2.24, 2.45) is 5.92 Å². The standard InChI is InChI=1S/C11H24N2O/c1-10(9-14)8-13-6-4-11(2,12-3)5-7-13/h10,12,14H,4-9H2,1-3H3. The molecule has 14 heavy (non-hydrogen) atoms. The Balaban J connectivity index is 2.29. The van der Waals surface area contributed by atoms with Gasteiger partial charge in [0.15, 0.2) is 0 Å². The highest BCUT2D eigenvalue weighted by atomic mass is 16.3. The van der Waals surface area contributed by atoms with Crippen LogP contribution >= 0.6 is 0 Å². The predicted octanol–water partition coefficient (Wildman–Crippen LogP) is 0.689. The van der Waals surface area contributed by atoms with E-state index in [1.807, 2.05) is 7.05 Å². The quantitative estimate of drug-likeness (QED) is 0.701. The second-order valence-corrected chi connectivity index (χ2v) is 4.90. The molecule has 1 unspecified atom stereocenters. The number of hydrogen-bond acceptors (Lipinski definition) is 3. The van der Waals surface area contributed by atoms with Crippen LogP contribution in [0.3, 0.4) is 0 Å². The molecule has 84 valence electrons. The van der Waals surface area contributed by atoms with Gasteiger partial charge >= 0.3 is 0 Å². The van der Waals surface area contributed by atoms with E-state index >= 15 is 0 Å². The van der Waals surface area contributed by atoms with Crippen LogP contribution in [0.4, 0.5) is 0 Å². The molecule has 1 saturated heterocycles. The summed E-state index contributed by atoms with van der Waals surface area (Å²) in [4.78, 5) is 2.46. The van der Waals surface area contributed by atoms with Crippen molar-refractivity contribution in [3.63, 3.8) is 0 Å². The van der Waals surface area contributed by atoms with Crippen molar-refractivity contribution in [2.45, 2.75) is 32.2 Å². The molecule has 2 N–H and O–H groups in total. The van der Waals surface area contributed by atoms with Gasteiger partial charge in [0, 0.05) is 18.7 Å². The van der Waals surface area contributed by atoms with E-state index in [4.69, 9.17) is 5.11 Å². The van der Waals surface area contributed by atoms with Gasteiger partial charge in [-0.25, -0.2) is 0 Å². The zero-order valence-corrected chi connectivity index (χ0v) is 9.71. The summed E-state index contributed by atoms with van der Waals surface area (Å²) in [7, 11) is 2.05. The van der Waals surface area contributed by atoms with Gasteiger partial charge in [-0.1, -0.05) is 6.92 Å². The van der Waals surface area contributed by atoms with Crippen molar-refractivity contribution in [2.75, 3.05) is 33.3 Å². The van der Waals surface area contributed by atoms with Crippen LogP contribution in [0, 0.1) is 5.92 Å². The molecule has 0 aromatic heterocycles. The van der Waals surface area contributed by atoms with E-state index in [0.29, 0.717) is 18.1 Å². The van der Waals surface area contributed by atoms with E-state index in [0.717, 1.165) is 19.6 Å². The van der Waals surface area contributed by atoms with Crippen LogP contribution in [0.25, 0.3) is 0 Å². The summed E-state index contributed by atoms with van der Waals surface area (Å²) >= 11 is 0. The van der Waals surface area contributed by atoms with Gasteiger partial charge in [-0.2, -0.15) is 0 Å². The number of aliphatic hydroxyl groups is 1. The van der Waals surface area contributed by atoms with Crippen molar-refractivity contribution in [3.05, 3.63) is 0 Å². The molecule has 1 atom stereocenters. The summed E-state index contributed by atoms with van der Waals surface area (Å²) in [6.07, 6.45) is 2.42. The average molecular weight is 200 g/mol. The summed E-state index contributed by atoms with van der Waals surface area (Å²) in [5.74, 6) is 0.411. The maximum Gasteiger partial charge on any atom is 0.0468 e. The van der Waals surface area contributed by atoms with Crippen molar-refractivity contribution in [3.8, 4) is 0 Å². The molecule has 0 aromatic rings. The van der Waals surface area contributed by atoms with E-state index in [2.05, 4.69) is 24.1 Å². The van der Waals surface area contributed by atoms with Crippen LogP contribution in [0.5, 0.6) is 0 Å². The lowest BCUT2D eigenvalue weighted by atomic mass is 9.89. The number of piperidine rings is 1. The zero-order chi connectivity index (χ0) is 10.6. The normalized spacial score (nSPS) is 24.9. The van der Waals surface area contributed by atoms with Crippen LogP contribution in [0.15, 0.2) is 0 Å². The number of rotatable bonds is 4. The van der Waals surface area contributed by atoms with Gasteiger partial charge in [0.05, 0.1) is 0 Å². The maximum absolute atomic E-state index is 8.98. The van der Waals surface area contributed by atoms with E-state index in [-0.39, 0.29) is 0 Å². The largest absolute Gasteiger partial charge is 0.396 e. The number of hydrogen-bond donors (Lipinski definition) is 2. The van der Waals surface area contributed by atoms with E-state index in [1.165, 1.54) is 12.8 Å². The molecule has 0 spiro atoms. The van der Waals surface area contributed by atoms with Gasteiger partial charge in [0.1, 0.15) is 0 Å². The van der Waals surface area contributed by atoms with Crippen molar-refractivity contribution in [1.82, 2.24) is 10.2 Å². The Hall–Kier alpha value is -0.120. The summed E-state index contributed by atoms with van der Waals surface area (Å²) in [5.41, 5.74) is 0.332. The lowest BCUT2D eigenvalue weighted by Gasteiger charge is -2.40. The number of likely N-dealkylation sites (tertiary alicyclic amines) is 1. The van der Waals surface area contributed by atoms with E-state index < -0.39 is 0 Å². The number of nitrogens with zero attached hydrogens (tertiary/aromatic N) is 1. The molecule has 1 fully saturated rings. The topological polar surface area (TPSA) is 35.5 Å². The van der Waals surface area contributed by atoms with Gasteiger partial charge in [-0.3, -0.25) is 0 Å². The smallest absolute Gasteiger partial charge is 0.0468 e. The molecule has 1 aliphatic rings. The van der Waals surface area contributed by atoms with Gasteiger partial charge < -0.3 is 15.3 Å². The summed E-state index contributed by atoms with van der Waals surface area (Å²) in [6.45, 7) is 8.05. The van der Waals surface area contributed by atoms with Crippen molar-refractivity contribution in [1.29, 1.82) is 0 Å². The molecule has 0 aliphatic carbocycles. The monoisotopic (exact) mass is 200 g/mol. The molecule has 1 rings (SSSR count). The van der Waals surface area contributed by atoms with Gasteiger partial charge in [0.25, 0.3) is 0 Å². The van der Waals surface area contributed by atoms with Crippen LogP contribution < -0.4 is 5.32 Å². The summed E-state index contributed by atoms with van der Waals surface area (Å²) < 4.78 is 0. The van der Waals surface area contributed by atoms with E-state index in [1.54, 1.807) is 0 Å². The molecule has 3 heteroatoms. The first-order valence-corrected chi connectivity index (χ1v) is 5.62. The third-order valence-corrected chi connectivity index (χ3v) is 3.44. The first kappa shape index (κ1) is 12.0. The molecule has 3 nitrogen and oxygen atoms in total. The van der Waals surface area contributed by atoms with E-state index in [9.17, 15) is 0 Å². The SMILES string of the molecule is CNC1(C)CCN(CC(C)CO)CC1. The highest BCUT2D eigenvalue weighted by Gasteiger charge is 2.28. The maximum atomic E-state index is 8.98. The minimum Gasteiger partial charge on any atom is -0.396 e. The molecule has 1 heterocycles. The molecule has 1 aliphatic heterocycles. The first-order chi connectivity index (χ1) is 6.59. The molecule has 0 bridgehead atoms. The molecule has 0 amide bonds. The highest BCUT2D eigenvalue weighted by molar-refractivity contribution is 4.88. The molecular formula is C11H24N2O. The zero-order valence-electron chi connectivity index (χ0n) is 9.71. The first-order valence-electron chi connectivity index (χ1n) is 5.62. The lowest BCUT2D eigenvalue weighted by Crippen LogP contribution is -2.50. The fraction of sp³-hybridized carbons (Fsp3) is 1.00. The Labute approximate surface area is 87.5 Å². The molecule has 0 aromatic carbocycles. The minimum absolute atomic E-state index is 0.305. The Kier molecular flexibility index (Phi) is 4.35. The average Bonchev–Trinajstić information content (AvgIpc) is 2.21. The van der Waals surface area contributed by atoms with Crippen molar-refractivity contribution >= 4 is 0 Å². The second-order valence-electron chi connectivity index (χ2n) is 4.90. The van der Waals surface area contributed by atoms with Crippen LogP contribution in [0.1, 0.15) is 26.7 Å². The third kappa shape index (κ3) is 3.23. The summed E-state index contributed by atoms with van der Waals surface area (Å²) in [6, 6.07) is 0. The van der Waals surface area contributed by atoms with Gasteiger partial charge in [0.2, 0.25) is 0 Å². The Morgan fingerprint density at radius 2 is 2.00 bits per heavy atom. The Morgan fingerprint density at radius 3 is 2.43 bits per heavy atom. The van der Waals surface area contributed by atoms with Crippen molar-refractivity contribution < 1.29 is 5.11 Å². The highest BCUT2D eigenvalue weighted by Crippen LogP contribution is 2.21. The van der Waals surface area contributed by atoms with Crippen LogP contribution in [-0.2, 0) is 0 Å². The lowest BCUT2D eigenvalue weighted by molar-refractivity contribution is 0.117. The van der Waals surface area contributed by atoms with Gasteiger partial charge in [-0.15, -0.1) is 0 Å². The van der Waals surface area contributed by atoms with Crippen LogP contribution in [-0.4, -0.2) is 48.8 Å². The van der Waals surface area contributed by atoms with Crippen LogP contribution in [0.2, 0.25) is 0 Å². The predicted molar refractivity (Wildman–Crippen MR) is 59.4 cm³/mol. The van der Waals surface area contributed by atoms with Gasteiger partial charge in [-0.05, 0) is 45.8 Å². The third-order valence-electron chi connectivity index (χ3n) is 3.44. The minimum atomic E-state index is 0.305. The molecule has 0 saturated carbocycles. The fourth-order valence-corrected chi connectivity index (χ4v) is 1.98. The fourth-order valence-electron chi connectivity index (χ4n) is 1.98. The Bertz CT molecular complexity index is 165. The molecule has 0 radical (unpaired) electrons. The number of nitrogens with one attached hydrogen (secondary N) is 1. The summed E-state index contributed by atoms with van der Waals surface area (Å²) in [5, 5.41) is 12.4. The second kappa shape index (κ2) is 5.10. The molecular weight excluding hydrogens is 176 g/mol. The Morgan fingerprint density at radius 1 is 1.43 bits per heavy atom.